The fourth-order valence-corrected chi connectivity index (χ4v) is 3.75. The highest BCUT2D eigenvalue weighted by molar-refractivity contribution is 8.00. The first-order valence-electron chi connectivity index (χ1n) is 7.21. The van der Waals surface area contributed by atoms with E-state index < -0.39 is 12.0 Å². The van der Waals surface area contributed by atoms with Crippen LogP contribution >= 0.6 is 11.8 Å². The van der Waals surface area contributed by atoms with Gasteiger partial charge in [-0.05, 0) is 35.6 Å². The van der Waals surface area contributed by atoms with Crippen molar-refractivity contribution in [2.75, 3.05) is 5.75 Å². The van der Waals surface area contributed by atoms with Crippen LogP contribution in [0.4, 0.5) is 0 Å². The van der Waals surface area contributed by atoms with Gasteiger partial charge in [0.1, 0.15) is 11.3 Å². The van der Waals surface area contributed by atoms with Crippen molar-refractivity contribution < 1.29 is 14.7 Å². The monoisotopic (exact) mass is 307 g/mol. The molecule has 5 heteroatoms. The third-order valence-corrected chi connectivity index (χ3v) is 4.79. The van der Waals surface area contributed by atoms with Crippen LogP contribution in [0.1, 0.15) is 36.6 Å². The van der Waals surface area contributed by atoms with Gasteiger partial charge in [-0.25, -0.2) is 4.79 Å². The third-order valence-electron chi connectivity index (χ3n) is 3.55. The molecular formula is C16H21NO3S. The maximum absolute atomic E-state index is 12.5. The molecule has 0 fully saturated rings. The van der Waals surface area contributed by atoms with Crippen LogP contribution in [0.15, 0.2) is 24.3 Å². The number of nitrogens with one attached hydrogen (secondary N) is 1. The highest BCUT2D eigenvalue weighted by atomic mass is 32.2. The molecule has 0 saturated heterocycles. The SMILES string of the molecule is CC(C)CC(NC(=O)C1SCCc2ccccc21)C(=O)O. The predicted octanol–water partition coefficient (Wildman–Crippen LogP) is 2.63. The number of carboxylic acids is 1. The average Bonchev–Trinajstić information content (AvgIpc) is 2.45. The molecule has 0 radical (unpaired) electrons. The van der Waals surface area contributed by atoms with Crippen molar-refractivity contribution in [3.63, 3.8) is 0 Å². The summed E-state index contributed by atoms with van der Waals surface area (Å²) < 4.78 is 0. The number of carbonyl (C=O) groups excluding carboxylic acids is 1. The third kappa shape index (κ3) is 4.00. The Labute approximate surface area is 129 Å². The average molecular weight is 307 g/mol. The molecule has 2 atom stereocenters. The van der Waals surface area contributed by atoms with Crippen LogP contribution in [-0.4, -0.2) is 28.8 Å². The molecule has 114 valence electrons. The number of hydrogen-bond donors (Lipinski definition) is 2. The fraction of sp³-hybridized carbons (Fsp3) is 0.500. The van der Waals surface area contributed by atoms with Crippen molar-refractivity contribution in [1.82, 2.24) is 5.32 Å². The Morgan fingerprint density at radius 2 is 2.10 bits per heavy atom. The van der Waals surface area contributed by atoms with Gasteiger partial charge in [-0.2, -0.15) is 0 Å². The number of thioether (sulfide) groups is 1. The number of benzene rings is 1. The first-order valence-corrected chi connectivity index (χ1v) is 8.26. The second kappa shape index (κ2) is 6.98. The van der Waals surface area contributed by atoms with Gasteiger partial charge in [-0.1, -0.05) is 38.1 Å². The number of hydrogen-bond acceptors (Lipinski definition) is 3. The van der Waals surface area contributed by atoms with Gasteiger partial charge in [-0.3, -0.25) is 4.79 Å². The lowest BCUT2D eigenvalue weighted by Gasteiger charge is -2.26. The number of amides is 1. The number of carbonyl (C=O) groups is 2. The molecule has 2 rings (SSSR count). The number of carboxylic acid groups (broad SMARTS) is 1. The van der Waals surface area contributed by atoms with Gasteiger partial charge in [0.05, 0.1) is 0 Å². The zero-order valence-electron chi connectivity index (χ0n) is 12.3. The molecule has 1 aromatic rings. The molecule has 2 unspecified atom stereocenters. The van der Waals surface area contributed by atoms with Gasteiger partial charge in [0.15, 0.2) is 0 Å². The molecule has 0 aliphatic carbocycles. The van der Waals surface area contributed by atoms with E-state index in [1.165, 1.54) is 5.56 Å². The second-order valence-electron chi connectivity index (χ2n) is 5.73. The lowest BCUT2D eigenvalue weighted by atomic mass is 10.00. The highest BCUT2D eigenvalue weighted by Gasteiger charge is 2.30. The van der Waals surface area contributed by atoms with E-state index in [2.05, 4.69) is 5.32 Å². The summed E-state index contributed by atoms with van der Waals surface area (Å²) in [6, 6.07) is 7.09. The van der Waals surface area contributed by atoms with Crippen molar-refractivity contribution in [1.29, 1.82) is 0 Å². The Balaban J connectivity index is 2.12. The summed E-state index contributed by atoms with van der Waals surface area (Å²) in [5.41, 5.74) is 2.20. The maximum Gasteiger partial charge on any atom is 0.326 e. The number of aryl methyl sites for hydroxylation is 1. The Bertz CT molecular complexity index is 530. The summed E-state index contributed by atoms with van der Waals surface area (Å²) in [5.74, 6) is -0.0548. The fourth-order valence-electron chi connectivity index (χ4n) is 2.55. The molecule has 1 heterocycles. The van der Waals surface area contributed by atoms with Crippen LogP contribution < -0.4 is 5.32 Å². The summed E-state index contributed by atoms with van der Waals surface area (Å²) in [5, 5.41) is 11.6. The Hall–Kier alpha value is -1.49. The lowest BCUT2D eigenvalue weighted by Crippen LogP contribution is -2.43. The largest absolute Gasteiger partial charge is 0.480 e. The number of rotatable bonds is 5. The summed E-state index contributed by atoms with van der Waals surface area (Å²) in [6.07, 6.45) is 1.40. The predicted molar refractivity (Wildman–Crippen MR) is 84.4 cm³/mol. The van der Waals surface area contributed by atoms with Crippen molar-refractivity contribution in [2.24, 2.45) is 5.92 Å². The molecule has 4 nitrogen and oxygen atoms in total. The van der Waals surface area contributed by atoms with Gasteiger partial charge < -0.3 is 10.4 Å². The van der Waals surface area contributed by atoms with Crippen molar-refractivity contribution >= 4 is 23.6 Å². The van der Waals surface area contributed by atoms with Gasteiger partial charge >= 0.3 is 5.97 Å². The first-order chi connectivity index (χ1) is 9.99. The minimum absolute atomic E-state index is 0.194. The molecule has 0 aromatic heterocycles. The van der Waals surface area contributed by atoms with E-state index >= 15 is 0 Å². The molecule has 1 aromatic carbocycles. The molecule has 0 saturated carbocycles. The van der Waals surface area contributed by atoms with Crippen molar-refractivity contribution in [2.45, 2.75) is 38.0 Å². The summed E-state index contributed by atoms with van der Waals surface area (Å²) in [4.78, 5) is 23.7. The van der Waals surface area contributed by atoms with Crippen LogP contribution in [0.2, 0.25) is 0 Å². The smallest absolute Gasteiger partial charge is 0.326 e. The molecule has 0 bridgehead atoms. The van der Waals surface area contributed by atoms with E-state index in [1.807, 2.05) is 38.1 Å². The minimum Gasteiger partial charge on any atom is -0.480 e. The zero-order valence-corrected chi connectivity index (χ0v) is 13.2. The lowest BCUT2D eigenvalue weighted by molar-refractivity contribution is -0.142. The molecule has 1 aliphatic heterocycles. The quantitative estimate of drug-likeness (QED) is 0.877. The molecule has 2 N–H and O–H groups in total. The van der Waals surface area contributed by atoms with E-state index in [0.717, 1.165) is 17.7 Å². The Morgan fingerprint density at radius 3 is 2.76 bits per heavy atom. The van der Waals surface area contributed by atoms with Gasteiger partial charge in [0.2, 0.25) is 5.91 Å². The first kappa shape index (κ1) is 15.9. The van der Waals surface area contributed by atoms with Gasteiger partial charge in [-0.15, -0.1) is 11.8 Å². The Kier molecular flexibility index (Phi) is 5.28. The van der Waals surface area contributed by atoms with Gasteiger partial charge in [0, 0.05) is 0 Å². The molecule has 1 amide bonds. The van der Waals surface area contributed by atoms with Crippen molar-refractivity contribution in [3.8, 4) is 0 Å². The van der Waals surface area contributed by atoms with Crippen molar-refractivity contribution in [3.05, 3.63) is 35.4 Å². The van der Waals surface area contributed by atoms with Gasteiger partial charge in [0.25, 0.3) is 0 Å². The highest BCUT2D eigenvalue weighted by Crippen LogP contribution is 2.36. The van der Waals surface area contributed by atoms with Crippen LogP contribution in [0, 0.1) is 5.92 Å². The van der Waals surface area contributed by atoms with E-state index in [1.54, 1.807) is 11.8 Å². The standard InChI is InChI=1S/C16H21NO3S/c1-10(2)9-13(16(19)20)17-15(18)14-12-6-4-3-5-11(12)7-8-21-14/h3-6,10,13-14H,7-9H2,1-2H3,(H,17,18)(H,19,20). The van der Waals surface area contributed by atoms with Crippen LogP contribution in [0.25, 0.3) is 0 Å². The number of fused-ring (bicyclic) bond motifs is 1. The Morgan fingerprint density at radius 1 is 1.38 bits per heavy atom. The maximum atomic E-state index is 12.5. The molecule has 1 aliphatic rings. The minimum atomic E-state index is -0.967. The van der Waals surface area contributed by atoms with E-state index in [-0.39, 0.29) is 17.1 Å². The van der Waals surface area contributed by atoms with E-state index in [0.29, 0.717) is 6.42 Å². The van der Waals surface area contributed by atoms with Crippen LogP contribution in [0.5, 0.6) is 0 Å². The summed E-state index contributed by atoms with van der Waals surface area (Å²) >= 11 is 1.58. The second-order valence-corrected chi connectivity index (χ2v) is 6.94. The molecule has 21 heavy (non-hydrogen) atoms. The van der Waals surface area contributed by atoms with Crippen LogP contribution in [-0.2, 0) is 16.0 Å². The van der Waals surface area contributed by atoms with Crippen LogP contribution in [0.3, 0.4) is 0 Å². The summed E-state index contributed by atoms with van der Waals surface area (Å²) in [7, 11) is 0. The topological polar surface area (TPSA) is 66.4 Å². The molecular weight excluding hydrogens is 286 g/mol. The zero-order chi connectivity index (χ0) is 15.4. The normalized spacial score (nSPS) is 18.9. The number of aliphatic carboxylic acids is 1. The molecule has 0 spiro atoms. The van der Waals surface area contributed by atoms with E-state index in [9.17, 15) is 14.7 Å². The summed E-state index contributed by atoms with van der Waals surface area (Å²) in [6.45, 7) is 3.90. The van der Waals surface area contributed by atoms with E-state index in [4.69, 9.17) is 0 Å².